The van der Waals surface area contributed by atoms with E-state index < -0.39 is 5.41 Å². The predicted octanol–water partition coefficient (Wildman–Crippen LogP) is 3.79. The van der Waals surface area contributed by atoms with Gasteiger partial charge in [0.1, 0.15) is 11.3 Å². The maximum atomic E-state index is 13.6. The number of aliphatic hydroxyl groups excluding tert-OH is 1. The third-order valence-corrected chi connectivity index (χ3v) is 7.09. The number of ketones is 1. The molecule has 6 heteroatoms. The molecular weight excluding hydrogens is 400 g/mol. The molecule has 32 heavy (non-hydrogen) atoms. The molecule has 1 aliphatic carbocycles. The van der Waals surface area contributed by atoms with Gasteiger partial charge in [0.2, 0.25) is 0 Å². The monoisotopic (exact) mass is 434 g/mol. The van der Waals surface area contributed by atoms with Crippen molar-refractivity contribution < 1.29 is 9.90 Å². The predicted molar refractivity (Wildman–Crippen MR) is 128 cm³/mol. The van der Waals surface area contributed by atoms with Crippen LogP contribution in [-0.4, -0.2) is 52.3 Å². The average Bonchev–Trinajstić information content (AvgIpc) is 2.80. The summed E-state index contributed by atoms with van der Waals surface area (Å²) in [6, 6.07) is 11.9. The number of hydrogen-bond donors (Lipinski definition) is 3. The molecule has 1 saturated heterocycles. The smallest absolute Gasteiger partial charge is 0.159 e. The first-order valence-corrected chi connectivity index (χ1v) is 11.8. The number of rotatable bonds is 8. The second-order valence-electron chi connectivity index (χ2n) is 9.25. The van der Waals surface area contributed by atoms with Gasteiger partial charge in [0.05, 0.1) is 23.2 Å². The van der Waals surface area contributed by atoms with E-state index >= 15 is 0 Å². The van der Waals surface area contributed by atoms with Gasteiger partial charge in [-0.3, -0.25) is 15.2 Å². The molecule has 4 N–H and O–H groups in total. The molecule has 1 aromatic carbocycles. The second kappa shape index (κ2) is 9.92. The van der Waals surface area contributed by atoms with Crippen LogP contribution in [0.15, 0.2) is 48.6 Å². The number of likely N-dealkylation sites (tertiary alicyclic amines) is 1. The number of benzene rings is 1. The number of nitrogens with zero attached hydrogens (tertiary/aromatic N) is 2. The number of aliphatic hydroxyl groups is 1. The third-order valence-electron chi connectivity index (χ3n) is 7.09. The number of carbonyl (C=O) groups excluding carboxylic acids is 1. The first-order valence-electron chi connectivity index (χ1n) is 11.8. The fourth-order valence-electron chi connectivity index (χ4n) is 5.06. The van der Waals surface area contributed by atoms with E-state index in [1.807, 2.05) is 48.6 Å². The third kappa shape index (κ3) is 4.76. The molecule has 2 aromatic rings. The summed E-state index contributed by atoms with van der Waals surface area (Å²) in [6.07, 6.45) is 9.50. The van der Waals surface area contributed by atoms with Gasteiger partial charge < -0.3 is 15.7 Å². The van der Waals surface area contributed by atoms with Gasteiger partial charge in [-0.15, -0.1) is 0 Å². The van der Waals surface area contributed by atoms with Crippen molar-refractivity contribution in [3.8, 4) is 0 Å². The van der Waals surface area contributed by atoms with E-state index in [2.05, 4.69) is 4.90 Å². The molecule has 0 saturated carbocycles. The molecule has 1 fully saturated rings. The van der Waals surface area contributed by atoms with Gasteiger partial charge in [-0.2, -0.15) is 0 Å². The Hall–Kier alpha value is -2.57. The summed E-state index contributed by atoms with van der Waals surface area (Å²) in [7, 11) is 0. The summed E-state index contributed by atoms with van der Waals surface area (Å²) >= 11 is 0. The number of carbonyl (C=O) groups is 1. The van der Waals surface area contributed by atoms with E-state index in [0.29, 0.717) is 12.8 Å². The summed E-state index contributed by atoms with van der Waals surface area (Å²) in [5, 5.41) is 19.0. The van der Waals surface area contributed by atoms with Gasteiger partial charge in [0.25, 0.3) is 0 Å². The number of fused-ring (bicyclic) bond motifs is 1. The quantitative estimate of drug-likeness (QED) is 0.254. The summed E-state index contributed by atoms with van der Waals surface area (Å²) in [6.45, 7) is 2.94. The van der Waals surface area contributed by atoms with E-state index in [1.54, 1.807) is 0 Å². The number of pyridine rings is 1. The zero-order valence-corrected chi connectivity index (χ0v) is 18.7. The summed E-state index contributed by atoms with van der Waals surface area (Å²) in [4.78, 5) is 20.8. The number of aromatic nitrogens is 1. The minimum atomic E-state index is -1.02. The number of unbranched alkanes of at least 4 members (excludes halogenated alkanes) is 2. The normalized spacial score (nSPS) is 24.8. The number of allylic oxidation sites excluding steroid dienone is 1. The Labute approximate surface area is 190 Å². The summed E-state index contributed by atoms with van der Waals surface area (Å²) < 4.78 is 0. The van der Waals surface area contributed by atoms with E-state index in [0.717, 1.165) is 68.3 Å². The Bertz CT molecular complexity index is 996. The fraction of sp³-hybridized carbons (Fsp3) is 0.500. The molecule has 0 spiro atoms. The lowest BCUT2D eigenvalue weighted by Crippen LogP contribution is -2.46. The van der Waals surface area contributed by atoms with E-state index in [4.69, 9.17) is 16.1 Å². The first-order chi connectivity index (χ1) is 15.5. The van der Waals surface area contributed by atoms with Crippen molar-refractivity contribution in [1.82, 2.24) is 9.88 Å². The molecule has 0 radical (unpaired) electrons. The van der Waals surface area contributed by atoms with Crippen molar-refractivity contribution in [2.45, 2.75) is 57.0 Å². The number of nitrogens with two attached hydrogens (primary N) is 1. The van der Waals surface area contributed by atoms with Crippen LogP contribution in [0.1, 0.15) is 56.6 Å². The molecule has 2 unspecified atom stereocenters. The summed E-state index contributed by atoms with van der Waals surface area (Å²) in [5.41, 5.74) is 6.65. The van der Waals surface area contributed by atoms with Crippen LogP contribution in [0.25, 0.3) is 10.9 Å². The number of nitrogens with one attached hydrogen (secondary N) is 1. The highest BCUT2D eigenvalue weighted by atomic mass is 16.3. The molecule has 2 aliphatic rings. The van der Waals surface area contributed by atoms with Crippen molar-refractivity contribution in [3.05, 3.63) is 54.2 Å². The Morgan fingerprint density at radius 2 is 1.94 bits per heavy atom. The van der Waals surface area contributed by atoms with Crippen LogP contribution < -0.4 is 5.73 Å². The topological polar surface area (TPSA) is 103 Å². The van der Waals surface area contributed by atoms with Crippen LogP contribution in [0.3, 0.4) is 0 Å². The van der Waals surface area contributed by atoms with Crippen LogP contribution in [0, 0.1) is 10.8 Å². The Morgan fingerprint density at radius 3 is 2.72 bits per heavy atom. The van der Waals surface area contributed by atoms with Gasteiger partial charge in [-0.25, -0.2) is 0 Å². The van der Waals surface area contributed by atoms with E-state index in [9.17, 15) is 9.90 Å². The maximum Gasteiger partial charge on any atom is 0.159 e. The maximum absolute atomic E-state index is 13.6. The lowest BCUT2D eigenvalue weighted by atomic mass is 9.68. The number of amidine groups is 1. The van der Waals surface area contributed by atoms with Crippen LogP contribution in [-0.2, 0) is 4.79 Å². The van der Waals surface area contributed by atoms with Gasteiger partial charge in [0, 0.05) is 18.5 Å². The zero-order chi connectivity index (χ0) is 22.6. The van der Waals surface area contributed by atoms with E-state index in [-0.39, 0.29) is 23.6 Å². The Balaban J connectivity index is 1.39. The number of piperidine rings is 1. The molecule has 2 heterocycles. The molecular formula is C26H34N4O2. The fourth-order valence-corrected chi connectivity index (χ4v) is 5.06. The van der Waals surface area contributed by atoms with Crippen molar-refractivity contribution >= 4 is 22.5 Å². The highest BCUT2D eigenvalue weighted by molar-refractivity contribution is 6.11. The van der Waals surface area contributed by atoms with Crippen LogP contribution in [0.2, 0.25) is 0 Å². The van der Waals surface area contributed by atoms with Crippen molar-refractivity contribution in [2.75, 3.05) is 19.6 Å². The minimum absolute atomic E-state index is 0.000277. The van der Waals surface area contributed by atoms with Crippen LogP contribution in [0.5, 0.6) is 0 Å². The second-order valence-corrected chi connectivity index (χ2v) is 9.25. The standard InChI is InChI=1S/C26H34N4O2/c27-25(28)26(14-4-1-5-16-30-17-12-20(31)13-18-30)15-6-8-21(24(26)32)23-11-10-19-7-2-3-9-22(19)29-23/h2-3,6-7,9-11,15,20-21,31H,1,4-5,8,12-14,16-18H2,(H3,27,28). The molecule has 1 aliphatic heterocycles. The molecule has 0 bridgehead atoms. The van der Waals surface area contributed by atoms with Gasteiger partial charge in [-0.05, 0) is 50.8 Å². The van der Waals surface area contributed by atoms with Gasteiger partial charge in [-0.1, -0.05) is 49.3 Å². The summed E-state index contributed by atoms with van der Waals surface area (Å²) in [5.74, 6) is -0.428. The molecule has 1 aromatic heterocycles. The number of hydrogen-bond acceptors (Lipinski definition) is 5. The molecule has 6 nitrogen and oxygen atoms in total. The minimum Gasteiger partial charge on any atom is -0.393 e. The molecule has 0 amide bonds. The van der Waals surface area contributed by atoms with Gasteiger partial charge >= 0.3 is 0 Å². The number of Topliss-reactive ketones (excluding diaryl/α,β-unsaturated/α-hetero) is 1. The Morgan fingerprint density at radius 1 is 1.16 bits per heavy atom. The van der Waals surface area contributed by atoms with Crippen molar-refractivity contribution in [3.63, 3.8) is 0 Å². The SMILES string of the molecule is N=C(N)C1(CCCCCN2CCC(O)CC2)C=CCC(c2ccc3ccccc3n2)C1=O. The Kier molecular flexibility index (Phi) is 7.01. The highest BCUT2D eigenvalue weighted by Gasteiger charge is 2.45. The molecule has 170 valence electrons. The van der Waals surface area contributed by atoms with E-state index in [1.165, 1.54) is 0 Å². The van der Waals surface area contributed by atoms with Gasteiger partial charge in [0.15, 0.2) is 5.78 Å². The van der Waals surface area contributed by atoms with Crippen LogP contribution >= 0.6 is 0 Å². The lowest BCUT2D eigenvalue weighted by molar-refractivity contribution is -0.126. The van der Waals surface area contributed by atoms with Crippen molar-refractivity contribution in [2.24, 2.45) is 11.1 Å². The highest BCUT2D eigenvalue weighted by Crippen LogP contribution is 2.40. The van der Waals surface area contributed by atoms with Crippen LogP contribution in [0.4, 0.5) is 0 Å². The lowest BCUT2D eigenvalue weighted by Gasteiger charge is -2.35. The number of para-hydroxylation sites is 1. The first kappa shape index (κ1) is 22.6. The molecule has 2 atom stereocenters. The largest absolute Gasteiger partial charge is 0.393 e. The van der Waals surface area contributed by atoms with Crippen molar-refractivity contribution in [1.29, 1.82) is 5.41 Å². The molecule has 4 rings (SSSR count). The average molecular weight is 435 g/mol. The zero-order valence-electron chi connectivity index (χ0n) is 18.7.